The lowest BCUT2D eigenvalue weighted by Gasteiger charge is -2.20. The van der Waals surface area contributed by atoms with Gasteiger partial charge in [0.25, 0.3) is 0 Å². The molecule has 3 amide bonds. The predicted octanol–water partition coefficient (Wildman–Crippen LogP) is 2.22. The molecule has 2 aliphatic rings. The molecular formula is C21H29N3O3. The monoisotopic (exact) mass is 371 g/mol. The maximum absolute atomic E-state index is 12.4. The lowest BCUT2D eigenvalue weighted by molar-refractivity contribution is -0.126. The average Bonchev–Trinajstić information content (AvgIpc) is 3.27. The van der Waals surface area contributed by atoms with E-state index in [1.807, 2.05) is 32.0 Å². The normalized spacial score (nSPS) is 20.1. The summed E-state index contributed by atoms with van der Waals surface area (Å²) in [5.41, 5.74) is 3.07. The number of benzene rings is 1. The Morgan fingerprint density at radius 3 is 2.67 bits per heavy atom. The second-order valence-electron chi connectivity index (χ2n) is 7.71. The second kappa shape index (κ2) is 8.55. The molecule has 1 saturated carbocycles. The molecule has 2 N–H and O–H groups in total. The zero-order valence-corrected chi connectivity index (χ0v) is 16.2. The van der Waals surface area contributed by atoms with Gasteiger partial charge in [-0.2, -0.15) is 0 Å². The highest BCUT2D eigenvalue weighted by molar-refractivity contribution is 6.01. The van der Waals surface area contributed by atoms with Crippen molar-refractivity contribution in [3.8, 4) is 0 Å². The van der Waals surface area contributed by atoms with Gasteiger partial charge in [0.1, 0.15) is 0 Å². The maximum Gasteiger partial charge on any atom is 0.227 e. The van der Waals surface area contributed by atoms with Crippen LogP contribution in [0.5, 0.6) is 0 Å². The van der Waals surface area contributed by atoms with E-state index < -0.39 is 0 Å². The van der Waals surface area contributed by atoms with Gasteiger partial charge in [-0.25, -0.2) is 0 Å². The number of anilines is 1. The molecule has 1 aliphatic carbocycles. The zero-order valence-electron chi connectivity index (χ0n) is 16.2. The molecule has 1 unspecified atom stereocenters. The molecule has 27 heavy (non-hydrogen) atoms. The van der Waals surface area contributed by atoms with E-state index in [1.54, 1.807) is 4.90 Å². The lowest BCUT2D eigenvalue weighted by Crippen LogP contribution is -2.37. The largest absolute Gasteiger partial charge is 0.355 e. The van der Waals surface area contributed by atoms with E-state index in [0.717, 1.165) is 29.7 Å². The topological polar surface area (TPSA) is 78.5 Å². The van der Waals surface area contributed by atoms with Gasteiger partial charge in [-0.15, -0.1) is 0 Å². The number of carbonyl (C=O) groups is 3. The van der Waals surface area contributed by atoms with Gasteiger partial charge in [-0.3, -0.25) is 14.4 Å². The Bertz CT molecular complexity index is 725. The van der Waals surface area contributed by atoms with Crippen molar-refractivity contribution in [3.05, 3.63) is 29.3 Å². The molecule has 1 aromatic carbocycles. The van der Waals surface area contributed by atoms with Crippen molar-refractivity contribution in [1.82, 2.24) is 10.6 Å². The molecule has 2 fully saturated rings. The first-order valence-electron chi connectivity index (χ1n) is 9.89. The van der Waals surface area contributed by atoms with Crippen LogP contribution in [0.4, 0.5) is 5.69 Å². The Morgan fingerprint density at radius 2 is 1.93 bits per heavy atom. The lowest BCUT2D eigenvalue weighted by atomic mass is 10.1. The van der Waals surface area contributed by atoms with Gasteiger partial charge < -0.3 is 15.5 Å². The van der Waals surface area contributed by atoms with E-state index in [2.05, 4.69) is 10.6 Å². The molecule has 146 valence electrons. The number of carbonyl (C=O) groups excluding carboxylic acids is 3. The SMILES string of the molecule is Cc1cccc(N2CC(C(=O)NCCC(=O)NC3CCCC3)CC2=O)c1C. The smallest absolute Gasteiger partial charge is 0.227 e. The minimum Gasteiger partial charge on any atom is -0.355 e. The van der Waals surface area contributed by atoms with Gasteiger partial charge in [0.05, 0.1) is 5.92 Å². The van der Waals surface area contributed by atoms with Crippen LogP contribution in [-0.4, -0.2) is 36.9 Å². The number of aryl methyl sites for hydroxylation is 1. The van der Waals surface area contributed by atoms with Crippen molar-refractivity contribution in [3.63, 3.8) is 0 Å². The first-order valence-corrected chi connectivity index (χ1v) is 9.89. The van der Waals surface area contributed by atoms with E-state index in [0.29, 0.717) is 19.1 Å². The van der Waals surface area contributed by atoms with Crippen molar-refractivity contribution < 1.29 is 14.4 Å². The molecule has 6 nitrogen and oxygen atoms in total. The number of nitrogens with one attached hydrogen (secondary N) is 2. The summed E-state index contributed by atoms with van der Waals surface area (Å²) in [6, 6.07) is 6.17. The van der Waals surface area contributed by atoms with Gasteiger partial charge in [0, 0.05) is 37.7 Å². The third-order valence-corrected chi connectivity index (χ3v) is 5.73. The minimum atomic E-state index is -0.365. The van der Waals surface area contributed by atoms with Gasteiger partial charge in [0.15, 0.2) is 0 Å². The summed E-state index contributed by atoms with van der Waals surface area (Å²) in [5.74, 6) is -0.551. The Morgan fingerprint density at radius 1 is 1.19 bits per heavy atom. The van der Waals surface area contributed by atoms with Crippen LogP contribution in [0.15, 0.2) is 18.2 Å². The summed E-state index contributed by atoms with van der Waals surface area (Å²) in [6.07, 6.45) is 4.95. The fourth-order valence-corrected chi connectivity index (χ4v) is 3.96. The molecule has 6 heteroatoms. The first kappa shape index (κ1) is 19.4. The molecule has 0 radical (unpaired) electrons. The fourth-order valence-electron chi connectivity index (χ4n) is 3.96. The number of nitrogens with zero attached hydrogens (tertiary/aromatic N) is 1. The van der Waals surface area contributed by atoms with Crippen LogP contribution >= 0.6 is 0 Å². The van der Waals surface area contributed by atoms with Crippen LogP contribution in [0.3, 0.4) is 0 Å². The Hall–Kier alpha value is -2.37. The summed E-state index contributed by atoms with van der Waals surface area (Å²) >= 11 is 0. The molecule has 1 heterocycles. The molecule has 1 atom stereocenters. The van der Waals surface area contributed by atoms with Crippen molar-refractivity contribution in [2.45, 2.75) is 58.4 Å². The highest BCUT2D eigenvalue weighted by atomic mass is 16.2. The van der Waals surface area contributed by atoms with E-state index in [9.17, 15) is 14.4 Å². The second-order valence-corrected chi connectivity index (χ2v) is 7.71. The fraction of sp³-hybridized carbons (Fsp3) is 0.571. The molecule has 0 spiro atoms. The van der Waals surface area contributed by atoms with Gasteiger partial charge in [-0.05, 0) is 43.9 Å². The van der Waals surface area contributed by atoms with E-state index in [4.69, 9.17) is 0 Å². The van der Waals surface area contributed by atoms with Gasteiger partial charge >= 0.3 is 0 Å². The van der Waals surface area contributed by atoms with Crippen molar-refractivity contribution >= 4 is 23.4 Å². The highest BCUT2D eigenvalue weighted by Crippen LogP contribution is 2.29. The first-order chi connectivity index (χ1) is 13.0. The summed E-state index contributed by atoms with van der Waals surface area (Å²) in [6.45, 7) is 4.71. The van der Waals surface area contributed by atoms with E-state index >= 15 is 0 Å². The molecule has 3 rings (SSSR count). The average molecular weight is 371 g/mol. The van der Waals surface area contributed by atoms with Crippen LogP contribution in [0.1, 0.15) is 49.7 Å². The summed E-state index contributed by atoms with van der Waals surface area (Å²) < 4.78 is 0. The zero-order chi connectivity index (χ0) is 19.4. The Balaban J connectivity index is 1.47. The molecule has 1 saturated heterocycles. The van der Waals surface area contributed by atoms with Crippen molar-refractivity contribution in [1.29, 1.82) is 0 Å². The standard InChI is InChI=1S/C21H29N3O3/c1-14-6-5-9-18(15(14)2)24-13-16(12-20(24)26)21(27)22-11-10-19(25)23-17-7-3-4-8-17/h5-6,9,16-17H,3-4,7-8,10-13H2,1-2H3,(H,22,27)(H,23,25). The van der Waals surface area contributed by atoms with Crippen molar-refractivity contribution in [2.24, 2.45) is 5.92 Å². The third-order valence-electron chi connectivity index (χ3n) is 5.73. The van der Waals surface area contributed by atoms with E-state index in [-0.39, 0.29) is 36.5 Å². The summed E-state index contributed by atoms with van der Waals surface area (Å²) in [4.78, 5) is 38.5. The quantitative estimate of drug-likeness (QED) is 0.805. The Kier molecular flexibility index (Phi) is 6.14. The van der Waals surface area contributed by atoms with Crippen LogP contribution < -0.4 is 15.5 Å². The van der Waals surface area contributed by atoms with Gasteiger partial charge in [-0.1, -0.05) is 25.0 Å². The number of hydrogen-bond acceptors (Lipinski definition) is 3. The number of rotatable bonds is 6. The van der Waals surface area contributed by atoms with Crippen LogP contribution in [-0.2, 0) is 14.4 Å². The number of hydrogen-bond donors (Lipinski definition) is 2. The van der Waals surface area contributed by atoms with Crippen LogP contribution in [0.25, 0.3) is 0 Å². The van der Waals surface area contributed by atoms with Crippen LogP contribution in [0, 0.1) is 19.8 Å². The minimum absolute atomic E-state index is 0.0123. The maximum atomic E-state index is 12.4. The summed E-state index contributed by atoms with van der Waals surface area (Å²) in [5, 5.41) is 5.84. The summed E-state index contributed by atoms with van der Waals surface area (Å²) in [7, 11) is 0. The highest BCUT2D eigenvalue weighted by Gasteiger charge is 2.35. The van der Waals surface area contributed by atoms with Crippen LogP contribution in [0.2, 0.25) is 0 Å². The predicted molar refractivity (Wildman–Crippen MR) is 104 cm³/mol. The Labute approximate surface area is 160 Å². The molecule has 0 bridgehead atoms. The third kappa shape index (κ3) is 4.67. The van der Waals surface area contributed by atoms with E-state index in [1.165, 1.54) is 12.8 Å². The van der Waals surface area contributed by atoms with Crippen molar-refractivity contribution in [2.75, 3.05) is 18.0 Å². The molecular weight excluding hydrogens is 342 g/mol. The van der Waals surface area contributed by atoms with Gasteiger partial charge in [0.2, 0.25) is 17.7 Å². The molecule has 0 aromatic heterocycles. The molecule has 1 aromatic rings. The molecule has 1 aliphatic heterocycles. The number of amides is 3.